The van der Waals surface area contributed by atoms with E-state index < -0.39 is 35.1 Å². The van der Waals surface area contributed by atoms with E-state index >= 15 is 0 Å². The number of halogens is 4. The van der Waals surface area contributed by atoms with Crippen LogP contribution in [0.2, 0.25) is 0 Å². The minimum Gasteiger partial charge on any atom is -0.393 e. The van der Waals surface area contributed by atoms with Crippen LogP contribution in [0.5, 0.6) is 0 Å². The van der Waals surface area contributed by atoms with Crippen molar-refractivity contribution in [2.75, 3.05) is 13.1 Å². The number of hydrogen-bond acceptors (Lipinski definition) is 2. The van der Waals surface area contributed by atoms with Gasteiger partial charge in [0.05, 0.1) is 17.2 Å². The van der Waals surface area contributed by atoms with Crippen molar-refractivity contribution in [1.29, 1.82) is 0 Å². The number of benzene rings is 1. The molecule has 22 heavy (non-hydrogen) atoms. The van der Waals surface area contributed by atoms with Crippen LogP contribution < -0.4 is 0 Å². The standard InChI is InChI=1S/C15H17F4NO2/c1-9(21)10-4-3-7-20(8-10)14(22)11-5-2-6-12(13(11)16)15(17,18)19/h2,5-6,9-10,21H,3-4,7-8H2,1H3. The first-order chi connectivity index (χ1) is 10.2. The first kappa shape index (κ1) is 16.7. The van der Waals surface area contributed by atoms with E-state index in [4.69, 9.17) is 0 Å². The molecule has 1 aromatic carbocycles. The second kappa shape index (κ2) is 6.24. The molecule has 1 aromatic rings. The third-order valence-electron chi connectivity index (χ3n) is 3.96. The monoisotopic (exact) mass is 319 g/mol. The van der Waals surface area contributed by atoms with Gasteiger partial charge in [0.2, 0.25) is 0 Å². The predicted molar refractivity (Wildman–Crippen MR) is 71.7 cm³/mol. The maximum absolute atomic E-state index is 14.0. The summed E-state index contributed by atoms with van der Waals surface area (Å²) < 4.78 is 52.1. The number of alkyl halides is 3. The van der Waals surface area contributed by atoms with Gasteiger partial charge in [0, 0.05) is 19.0 Å². The quantitative estimate of drug-likeness (QED) is 0.851. The first-order valence-corrected chi connectivity index (χ1v) is 7.05. The molecule has 0 saturated carbocycles. The van der Waals surface area contributed by atoms with Crippen molar-refractivity contribution in [2.45, 2.75) is 32.0 Å². The smallest absolute Gasteiger partial charge is 0.393 e. The Morgan fingerprint density at radius 3 is 2.68 bits per heavy atom. The molecule has 1 N–H and O–H groups in total. The highest BCUT2D eigenvalue weighted by atomic mass is 19.4. The zero-order valence-electron chi connectivity index (χ0n) is 12.0. The molecule has 0 aromatic heterocycles. The van der Waals surface area contributed by atoms with Crippen molar-refractivity contribution in [1.82, 2.24) is 4.90 Å². The van der Waals surface area contributed by atoms with E-state index in [9.17, 15) is 27.5 Å². The van der Waals surface area contributed by atoms with E-state index in [-0.39, 0.29) is 12.5 Å². The van der Waals surface area contributed by atoms with Crippen molar-refractivity contribution in [3.05, 3.63) is 35.1 Å². The number of nitrogens with zero attached hydrogens (tertiary/aromatic N) is 1. The maximum atomic E-state index is 14.0. The van der Waals surface area contributed by atoms with E-state index in [2.05, 4.69) is 0 Å². The molecule has 0 spiro atoms. The Balaban J connectivity index is 2.26. The Morgan fingerprint density at radius 1 is 1.41 bits per heavy atom. The van der Waals surface area contributed by atoms with Crippen LogP contribution in [0.25, 0.3) is 0 Å². The van der Waals surface area contributed by atoms with Crippen molar-refractivity contribution in [2.24, 2.45) is 5.92 Å². The highest BCUT2D eigenvalue weighted by Gasteiger charge is 2.37. The molecule has 1 heterocycles. The Morgan fingerprint density at radius 2 is 2.09 bits per heavy atom. The summed E-state index contributed by atoms with van der Waals surface area (Å²) >= 11 is 0. The predicted octanol–water partition coefficient (Wildman–Crippen LogP) is 3.08. The number of aliphatic hydroxyl groups excluding tert-OH is 1. The van der Waals surface area contributed by atoms with Gasteiger partial charge in [-0.3, -0.25) is 4.79 Å². The van der Waals surface area contributed by atoms with Gasteiger partial charge in [0.15, 0.2) is 0 Å². The van der Waals surface area contributed by atoms with Crippen molar-refractivity contribution in [3.63, 3.8) is 0 Å². The lowest BCUT2D eigenvalue weighted by molar-refractivity contribution is -0.140. The molecule has 2 rings (SSSR count). The summed E-state index contributed by atoms with van der Waals surface area (Å²) in [7, 11) is 0. The number of rotatable bonds is 2. The largest absolute Gasteiger partial charge is 0.419 e. The zero-order valence-corrected chi connectivity index (χ0v) is 12.0. The molecule has 7 heteroatoms. The van der Waals surface area contributed by atoms with Crippen LogP contribution in [-0.4, -0.2) is 35.1 Å². The van der Waals surface area contributed by atoms with E-state index in [0.717, 1.165) is 18.6 Å². The van der Waals surface area contributed by atoms with Crippen molar-refractivity contribution < 1.29 is 27.5 Å². The van der Waals surface area contributed by atoms with Gasteiger partial charge in [-0.2, -0.15) is 13.2 Å². The van der Waals surface area contributed by atoms with Crippen LogP contribution >= 0.6 is 0 Å². The highest BCUT2D eigenvalue weighted by molar-refractivity contribution is 5.94. The Labute approximate surface area is 125 Å². The van der Waals surface area contributed by atoms with Gasteiger partial charge < -0.3 is 10.0 Å². The van der Waals surface area contributed by atoms with Crippen molar-refractivity contribution in [3.8, 4) is 0 Å². The number of piperidine rings is 1. The molecular weight excluding hydrogens is 302 g/mol. The fraction of sp³-hybridized carbons (Fsp3) is 0.533. The third-order valence-corrected chi connectivity index (χ3v) is 3.96. The SMILES string of the molecule is CC(O)C1CCCN(C(=O)c2cccc(C(F)(F)F)c2F)C1. The molecule has 1 aliphatic rings. The molecular formula is C15H17F4NO2. The van der Waals surface area contributed by atoms with Crippen LogP contribution in [-0.2, 0) is 6.18 Å². The average Bonchev–Trinajstić information content (AvgIpc) is 2.45. The lowest BCUT2D eigenvalue weighted by Gasteiger charge is -2.34. The molecule has 2 unspecified atom stereocenters. The molecule has 3 nitrogen and oxygen atoms in total. The van der Waals surface area contributed by atoms with Crippen LogP contribution in [0.15, 0.2) is 18.2 Å². The van der Waals surface area contributed by atoms with E-state index in [1.807, 2.05) is 0 Å². The van der Waals surface area contributed by atoms with Crippen LogP contribution in [0.4, 0.5) is 17.6 Å². The van der Waals surface area contributed by atoms with Crippen LogP contribution in [0, 0.1) is 11.7 Å². The fourth-order valence-electron chi connectivity index (χ4n) is 2.67. The second-order valence-electron chi connectivity index (χ2n) is 5.56. The summed E-state index contributed by atoms with van der Waals surface area (Å²) in [4.78, 5) is 13.6. The number of likely N-dealkylation sites (tertiary alicyclic amines) is 1. The third kappa shape index (κ3) is 3.40. The lowest BCUT2D eigenvalue weighted by Crippen LogP contribution is -2.43. The second-order valence-corrected chi connectivity index (χ2v) is 5.56. The van der Waals surface area contributed by atoms with Gasteiger partial charge in [-0.05, 0) is 31.9 Å². The van der Waals surface area contributed by atoms with Gasteiger partial charge in [0.1, 0.15) is 5.82 Å². The Hall–Kier alpha value is -1.63. The van der Waals surface area contributed by atoms with Crippen LogP contribution in [0.1, 0.15) is 35.7 Å². The number of carbonyl (C=O) groups excluding carboxylic acids is 1. The Kier molecular flexibility index (Phi) is 4.75. The highest BCUT2D eigenvalue weighted by Crippen LogP contribution is 2.33. The average molecular weight is 319 g/mol. The van der Waals surface area contributed by atoms with E-state index in [0.29, 0.717) is 19.0 Å². The molecule has 1 amide bonds. The molecule has 0 aliphatic carbocycles. The van der Waals surface area contributed by atoms with Gasteiger partial charge >= 0.3 is 6.18 Å². The minimum atomic E-state index is -4.84. The summed E-state index contributed by atoms with van der Waals surface area (Å²) in [6, 6.07) is 2.69. The summed E-state index contributed by atoms with van der Waals surface area (Å²) in [6.07, 6.45) is -4.11. The van der Waals surface area contributed by atoms with Crippen LogP contribution in [0.3, 0.4) is 0 Å². The molecule has 1 saturated heterocycles. The van der Waals surface area contributed by atoms with Crippen molar-refractivity contribution >= 4 is 5.91 Å². The fourth-order valence-corrected chi connectivity index (χ4v) is 2.67. The Bertz CT molecular complexity index is 557. The molecule has 2 atom stereocenters. The van der Waals surface area contributed by atoms with Gasteiger partial charge in [-0.15, -0.1) is 0 Å². The minimum absolute atomic E-state index is 0.147. The number of hydrogen-bond donors (Lipinski definition) is 1. The molecule has 1 fully saturated rings. The normalized spacial score (nSPS) is 20.8. The number of carbonyl (C=O) groups is 1. The molecule has 122 valence electrons. The van der Waals surface area contributed by atoms with Gasteiger partial charge in [-0.1, -0.05) is 6.07 Å². The van der Waals surface area contributed by atoms with Gasteiger partial charge in [-0.25, -0.2) is 4.39 Å². The maximum Gasteiger partial charge on any atom is 0.419 e. The summed E-state index contributed by atoms with van der Waals surface area (Å²) in [5, 5.41) is 9.59. The number of amides is 1. The molecule has 0 radical (unpaired) electrons. The molecule has 0 bridgehead atoms. The zero-order chi connectivity index (χ0) is 16.5. The summed E-state index contributed by atoms with van der Waals surface area (Å²) in [5.41, 5.74) is -2.02. The summed E-state index contributed by atoms with van der Waals surface area (Å²) in [6.45, 7) is 2.16. The van der Waals surface area contributed by atoms with E-state index in [1.54, 1.807) is 6.92 Å². The first-order valence-electron chi connectivity index (χ1n) is 7.05. The lowest BCUT2D eigenvalue weighted by atomic mass is 9.93. The topological polar surface area (TPSA) is 40.5 Å². The number of aliphatic hydroxyl groups is 1. The van der Waals surface area contributed by atoms with Gasteiger partial charge in [0.25, 0.3) is 5.91 Å². The van der Waals surface area contributed by atoms with E-state index in [1.165, 1.54) is 4.90 Å². The molecule has 1 aliphatic heterocycles. The summed E-state index contributed by atoms with van der Waals surface area (Å²) in [5.74, 6) is -2.46.